The van der Waals surface area contributed by atoms with Gasteiger partial charge >= 0.3 is 0 Å². The molecule has 0 unspecified atom stereocenters. The van der Waals surface area contributed by atoms with E-state index in [9.17, 15) is 0 Å². The summed E-state index contributed by atoms with van der Waals surface area (Å²) in [5, 5.41) is 9.01. The minimum atomic E-state index is 0.543. The van der Waals surface area contributed by atoms with E-state index in [0.29, 0.717) is 11.3 Å². The van der Waals surface area contributed by atoms with E-state index in [0.717, 1.165) is 23.0 Å². The maximum Gasteiger partial charge on any atom is 0.101 e. The standard InChI is InChI=1S/C24H30N2/c1-2-3-4-5-18-6-8-19(9-7-18)20-10-12-21(13-11-20)22-14-15-23(17-25)24(26)16-22/h10-16,18-19H,2-9,26H2,1H3/t18-,19-. The Hall–Kier alpha value is -2.27. The summed E-state index contributed by atoms with van der Waals surface area (Å²) in [6.45, 7) is 2.28. The summed E-state index contributed by atoms with van der Waals surface area (Å²) in [4.78, 5) is 0. The van der Waals surface area contributed by atoms with Crippen LogP contribution in [0.4, 0.5) is 5.69 Å². The molecule has 0 aliphatic heterocycles. The largest absolute Gasteiger partial charge is 0.398 e. The molecule has 3 rings (SSSR count). The summed E-state index contributed by atoms with van der Waals surface area (Å²) in [5.41, 5.74) is 10.8. The zero-order chi connectivity index (χ0) is 18.4. The van der Waals surface area contributed by atoms with E-state index >= 15 is 0 Å². The molecule has 1 fully saturated rings. The molecule has 0 amide bonds. The Labute approximate surface area is 158 Å². The Morgan fingerprint density at radius 1 is 0.962 bits per heavy atom. The molecule has 0 bridgehead atoms. The van der Waals surface area contributed by atoms with E-state index in [1.54, 1.807) is 6.07 Å². The number of rotatable bonds is 6. The van der Waals surface area contributed by atoms with Crippen LogP contribution in [0.3, 0.4) is 0 Å². The molecule has 136 valence electrons. The maximum absolute atomic E-state index is 9.01. The fourth-order valence-corrected chi connectivity index (χ4v) is 4.26. The third kappa shape index (κ3) is 4.47. The maximum atomic E-state index is 9.01. The van der Waals surface area contributed by atoms with Crippen molar-refractivity contribution in [2.45, 2.75) is 64.2 Å². The lowest BCUT2D eigenvalue weighted by Crippen LogP contribution is -2.13. The van der Waals surface area contributed by atoms with Crippen LogP contribution in [-0.4, -0.2) is 0 Å². The van der Waals surface area contributed by atoms with Crippen LogP contribution in [0.15, 0.2) is 42.5 Å². The zero-order valence-electron chi connectivity index (χ0n) is 15.9. The number of hydrogen-bond donors (Lipinski definition) is 1. The number of anilines is 1. The second-order valence-electron chi connectivity index (χ2n) is 7.75. The van der Waals surface area contributed by atoms with Crippen molar-refractivity contribution >= 4 is 5.69 Å². The fraction of sp³-hybridized carbons (Fsp3) is 0.458. The van der Waals surface area contributed by atoms with Crippen molar-refractivity contribution in [2.24, 2.45) is 5.92 Å². The zero-order valence-corrected chi connectivity index (χ0v) is 15.9. The summed E-state index contributed by atoms with van der Waals surface area (Å²) in [6.07, 6.45) is 11.0. The quantitative estimate of drug-likeness (QED) is 0.469. The Morgan fingerprint density at radius 3 is 2.27 bits per heavy atom. The molecule has 1 aliphatic carbocycles. The highest BCUT2D eigenvalue weighted by atomic mass is 14.6. The summed E-state index contributed by atoms with van der Waals surface area (Å²) < 4.78 is 0. The minimum Gasteiger partial charge on any atom is -0.398 e. The Kier molecular flexibility index (Phi) is 6.34. The second-order valence-corrected chi connectivity index (χ2v) is 7.75. The molecule has 1 saturated carbocycles. The normalized spacial score (nSPS) is 19.8. The molecular formula is C24H30N2. The molecule has 0 spiro atoms. The molecule has 1 aliphatic rings. The highest BCUT2D eigenvalue weighted by Gasteiger charge is 2.22. The highest BCUT2D eigenvalue weighted by Crippen LogP contribution is 2.38. The van der Waals surface area contributed by atoms with Crippen LogP contribution in [0.5, 0.6) is 0 Å². The summed E-state index contributed by atoms with van der Waals surface area (Å²) >= 11 is 0. The van der Waals surface area contributed by atoms with Gasteiger partial charge in [0.1, 0.15) is 6.07 Å². The Bertz CT molecular complexity index is 747. The van der Waals surface area contributed by atoms with E-state index < -0.39 is 0 Å². The van der Waals surface area contributed by atoms with Crippen LogP contribution in [0.1, 0.15) is 75.3 Å². The average Bonchev–Trinajstić information content (AvgIpc) is 2.69. The number of nitrogens with two attached hydrogens (primary N) is 1. The van der Waals surface area contributed by atoms with Gasteiger partial charge in [0.25, 0.3) is 0 Å². The third-order valence-electron chi connectivity index (χ3n) is 5.95. The van der Waals surface area contributed by atoms with Gasteiger partial charge in [-0.2, -0.15) is 5.26 Å². The van der Waals surface area contributed by atoms with Gasteiger partial charge in [-0.3, -0.25) is 0 Å². The summed E-state index contributed by atoms with van der Waals surface area (Å²) in [5.74, 6) is 1.68. The van der Waals surface area contributed by atoms with Crippen LogP contribution >= 0.6 is 0 Å². The van der Waals surface area contributed by atoms with Crippen LogP contribution in [0, 0.1) is 17.2 Å². The molecular weight excluding hydrogens is 316 g/mol. The number of hydrogen-bond acceptors (Lipinski definition) is 2. The lowest BCUT2D eigenvalue weighted by molar-refractivity contribution is 0.303. The van der Waals surface area contributed by atoms with Crippen molar-refractivity contribution in [3.63, 3.8) is 0 Å². The van der Waals surface area contributed by atoms with E-state index in [1.807, 2.05) is 12.1 Å². The van der Waals surface area contributed by atoms with Crippen LogP contribution < -0.4 is 5.73 Å². The lowest BCUT2D eigenvalue weighted by atomic mass is 9.77. The van der Waals surface area contributed by atoms with Crippen molar-refractivity contribution in [1.29, 1.82) is 5.26 Å². The molecule has 26 heavy (non-hydrogen) atoms. The fourth-order valence-electron chi connectivity index (χ4n) is 4.26. The number of nitrogen functional groups attached to an aromatic ring is 1. The first-order chi connectivity index (χ1) is 12.7. The van der Waals surface area contributed by atoms with Gasteiger partial charge in [-0.15, -0.1) is 0 Å². The van der Waals surface area contributed by atoms with Gasteiger partial charge in [0.2, 0.25) is 0 Å². The first kappa shape index (κ1) is 18.5. The van der Waals surface area contributed by atoms with Crippen molar-refractivity contribution < 1.29 is 0 Å². The van der Waals surface area contributed by atoms with Crippen molar-refractivity contribution in [2.75, 3.05) is 5.73 Å². The SMILES string of the molecule is CCCCC[C@H]1CC[C@H](c2ccc(-c3ccc(C#N)c(N)c3)cc2)CC1. The van der Waals surface area contributed by atoms with Crippen molar-refractivity contribution in [3.05, 3.63) is 53.6 Å². The minimum absolute atomic E-state index is 0.543. The van der Waals surface area contributed by atoms with Gasteiger partial charge in [-0.05, 0) is 66.3 Å². The smallest absolute Gasteiger partial charge is 0.101 e. The molecule has 0 saturated heterocycles. The molecule has 2 aromatic carbocycles. The second kappa shape index (κ2) is 8.90. The Balaban J connectivity index is 1.60. The predicted molar refractivity (Wildman–Crippen MR) is 110 cm³/mol. The predicted octanol–water partition coefficient (Wildman–Crippen LogP) is 6.66. The van der Waals surface area contributed by atoms with Gasteiger partial charge in [0.15, 0.2) is 0 Å². The van der Waals surface area contributed by atoms with E-state index in [1.165, 1.54) is 56.9 Å². The summed E-state index contributed by atoms with van der Waals surface area (Å²) in [7, 11) is 0. The van der Waals surface area contributed by atoms with E-state index in [-0.39, 0.29) is 0 Å². The lowest BCUT2D eigenvalue weighted by Gasteiger charge is -2.29. The molecule has 2 N–H and O–H groups in total. The Morgan fingerprint density at radius 2 is 1.65 bits per heavy atom. The molecule has 0 heterocycles. The van der Waals surface area contributed by atoms with Gasteiger partial charge in [-0.25, -0.2) is 0 Å². The number of unbranched alkanes of at least 4 members (excludes halogenated alkanes) is 2. The van der Waals surface area contributed by atoms with E-state index in [4.69, 9.17) is 11.0 Å². The summed E-state index contributed by atoms with van der Waals surface area (Å²) in [6, 6.07) is 16.8. The molecule has 0 atom stereocenters. The molecule has 2 nitrogen and oxygen atoms in total. The monoisotopic (exact) mass is 346 g/mol. The third-order valence-corrected chi connectivity index (χ3v) is 5.95. The van der Waals surface area contributed by atoms with Crippen molar-refractivity contribution in [3.8, 4) is 17.2 Å². The number of benzene rings is 2. The molecule has 0 aromatic heterocycles. The molecule has 0 radical (unpaired) electrons. The first-order valence-corrected chi connectivity index (χ1v) is 10.1. The molecule has 2 heteroatoms. The van der Waals surface area contributed by atoms with Crippen molar-refractivity contribution in [1.82, 2.24) is 0 Å². The van der Waals surface area contributed by atoms with Gasteiger partial charge in [0.05, 0.1) is 11.3 Å². The van der Waals surface area contributed by atoms with E-state index in [2.05, 4.69) is 37.3 Å². The van der Waals surface area contributed by atoms with Gasteiger partial charge in [-0.1, -0.05) is 62.9 Å². The van der Waals surface area contributed by atoms with Crippen LogP contribution in [0.2, 0.25) is 0 Å². The van der Waals surface area contributed by atoms with Gasteiger partial charge in [0, 0.05) is 0 Å². The van der Waals surface area contributed by atoms with Crippen LogP contribution in [0.25, 0.3) is 11.1 Å². The highest BCUT2D eigenvalue weighted by molar-refractivity contribution is 5.70. The average molecular weight is 347 g/mol. The van der Waals surface area contributed by atoms with Gasteiger partial charge < -0.3 is 5.73 Å². The topological polar surface area (TPSA) is 49.8 Å². The molecule has 2 aromatic rings. The first-order valence-electron chi connectivity index (χ1n) is 10.1. The number of nitriles is 1. The van der Waals surface area contributed by atoms with Crippen LogP contribution in [-0.2, 0) is 0 Å². The number of nitrogens with zero attached hydrogens (tertiary/aromatic N) is 1.